The molecular weight excluding hydrogens is 341 g/mol. The third-order valence-electron chi connectivity index (χ3n) is 4.47. The molecule has 4 rings (SSSR count). The van der Waals surface area contributed by atoms with Crippen molar-refractivity contribution in [1.29, 1.82) is 5.26 Å². The largest absolute Gasteiger partial charge is 0.628 e. The van der Waals surface area contributed by atoms with Crippen LogP contribution < -0.4 is 5.06 Å². The van der Waals surface area contributed by atoms with E-state index in [2.05, 4.69) is 0 Å². The van der Waals surface area contributed by atoms with E-state index < -0.39 is 18.1 Å². The van der Waals surface area contributed by atoms with E-state index in [-0.39, 0.29) is 22.1 Å². The average Bonchev–Trinajstić information content (AvgIpc) is 3.20. The Kier molecular flexibility index (Phi) is 4.14. The Bertz CT molecular complexity index is 917. The maximum Gasteiger partial charge on any atom is 0.335 e. The molecular formula is C18H14FN3O4. The molecule has 0 bridgehead atoms. The molecule has 1 saturated heterocycles. The van der Waals surface area contributed by atoms with Crippen LogP contribution in [0.3, 0.4) is 0 Å². The fraction of sp³-hybridized carbons (Fsp3) is 0.222. The van der Waals surface area contributed by atoms with Gasteiger partial charge in [0.05, 0.1) is 13.2 Å². The van der Waals surface area contributed by atoms with Crippen LogP contribution in [0.5, 0.6) is 0 Å². The molecule has 0 aromatic heterocycles. The Morgan fingerprint density at radius 2 is 1.77 bits per heavy atom. The van der Waals surface area contributed by atoms with Crippen LogP contribution in [0.4, 0.5) is 15.8 Å². The number of nitriles is 1. The maximum absolute atomic E-state index is 13.2. The highest BCUT2D eigenvalue weighted by Gasteiger charge is 2.41. The lowest BCUT2D eigenvalue weighted by atomic mass is 9.98. The first-order valence-corrected chi connectivity index (χ1v) is 8.01. The summed E-state index contributed by atoms with van der Waals surface area (Å²) < 4.78 is 24.5. The molecule has 7 nitrogen and oxygen atoms in total. The van der Waals surface area contributed by atoms with Gasteiger partial charge in [-0.05, 0) is 30.3 Å². The Balaban J connectivity index is 1.81. The molecule has 2 atom stereocenters. The van der Waals surface area contributed by atoms with Gasteiger partial charge in [0.1, 0.15) is 5.82 Å². The zero-order valence-electron chi connectivity index (χ0n) is 13.5. The van der Waals surface area contributed by atoms with Gasteiger partial charge in [0, 0.05) is 23.3 Å². The molecule has 2 heterocycles. The van der Waals surface area contributed by atoms with Crippen LogP contribution in [0.15, 0.2) is 42.5 Å². The van der Waals surface area contributed by atoms with Crippen LogP contribution in [-0.2, 0) is 9.47 Å². The summed E-state index contributed by atoms with van der Waals surface area (Å²) in [6.07, 6.45) is -0.593. The number of hydrogen-bond donors (Lipinski definition) is 1. The lowest BCUT2D eigenvalue weighted by Gasteiger charge is -2.33. The van der Waals surface area contributed by atoms with Crippen LogP contribution in [0.2, 0.25) is 0 Å². The fourth-order valence-corrected chi connectivity index (χ4v) is 3.22. The van der Waals surface area contributed by atoms with Gasteiger partial charge in [0.25, 0.3) is 5.69 Å². The van der Waals surface area contributed by atoms with Gasteiger partial charge < -0.3 is 25.0 Å². The first kappa shape index (κ1) is 16.6. The highest BCUT2D eigenvalue weighted by Crippen LogP contribution is 2.33. The Morgan fingerprint density at radius 1 is 1.12 bits per heavy atom. The Morgan fingerprint density at radius 3 is 2.42 bits per heavy atom. The molecule has 26 heavy (non-hydrogen) atoms. The van der Waals surface area contributed by atoms with Gasteiger partial charge in [-0.2, -0.15) is 5.26 Å². The Labute approximate surface area is 148 Å². The molecule has 0 saturated carbocycles. The summed E-state index contributed by atoms with van der Waals surface area (Å²) in [5.41, 5.74) is 1.04. The van der Waals surface area contributed by atoms with Crippen molar-refractivity contribution in [1.82, 2.24) is 0 Å². The summed E-state index contributed by atoms with van der Waals surface area (Å²) >= 11 is 0. The minimum absolute atomic E-state index is 0.0847. The minimum atomic E-state index is -1.06. The van der Waals surface area contributed by atoms with Crippen molar-refractivity contribution in [2.75, 3.05) is 13.2 Å². The van der Waals surface area contributed by atoms with Crippen LogP contribution in [0, 0.1) is 27.6 Å². The standard InChI is InChI=1S/C18H14FN3O4/c19-13-4-1-11(2-5-13)17-16(10-20)21(23)15-9-12(18-25-7-8-26-18)3-6-14(15)22(17)24/h1-6,9,17-18,22H,7-8H2. The molecule has 0 radical (unpaired) electrons. The molecule has 0 spiro atoms. The summed E-state index contributed by atoms with van der Waals surface area (Å²) in [5, 5.41) is 34.8. The first-order chi connectivity index (χ1) is 12.6. The van der Waals surface area contributed by atoms with Crippen molar-refractivity contribution in [2.24, 2.45) is 0 Å². The second-order valence-electron chi connectivity index (χ2n) is 5.99. The average molecular weight is 355 g/mol. The Hall–Kier alpha value is -2.83. The molecule has 2 aliphatic rings. The number of benzene rings is 2. The molecule has 1 fully saturated rings. The van der Waals surface area contributed by atoms with E-state index in [0.717, 1.165) is 0 Å². The quantitative estimate of drug-likeness (QED) is 0.654. The van der Waals surface area contributed by atoms with Crippen molar-refractivity contribution in [2.45, 2.75) is 12.3 Å². The molecule has 2 unspecified atom stereocenters. The third-order valence-corrected chi connectivity index (χ3v) is 4.47. The van der Waals surface area contributed by atoms with E-state index in [1.165, 1.54) is 36.4 Å². The molecule has 2 aliphatic heterocycles. The van der Waals surface area contributed by atoms with Crippen molar-refractivity contribution >= 4 is 17.1 Å². The van der Waals surface area contributed by atoms with Gasteiger partial charge in [-0.1, -0.05) is 0 Å². The lowest BCUT2D eigenvalue weighted by molar-refractivity contribution is -0.808. The minimum Gasteiger partial charge on any atom is -0.628 e. The van der Waals surface area contributed by atoms with Crippen LogP contribution in [-0.4, -0.2) is 23.7 Å². The van der Waals surface area contributed by atoms with Crippen molar-refractivity contribution < 1.29 is 23.7 Å². The third kappa shape index (κ3) is 2.64. The number of hydrogen-bond acceptors (Lipinski definition) is 5. The van der Waals surface area contributed by atoms with E-state index >= 15 is 0 Å². The normalized spacial score (nSPS) is 23.0. The number of nitrogens with zero attached hydrogens (tertiary/aromatic N) is 2. The summed E-state index contributed by atoms with van der Waals surface area (Å²) in [4.78, 5) is 0. The summed E-state index contributed by atoms with van der Waals surface area (Å²) in [7, 11) is 0. The second-order valence-corrected chi connectivity index (χ2v) is 5.99. The summed E-state index contributed by atoms with van der Waals surface area (Å²) in [6.45, 7) is 0.897. The first-order valence-electron chi connectivity index (χ1n) is 8.01. The molecule has 0 amide bonds. The zero-order chi connectivity index (χ0) is 18.3. The molecule has 132 valence electrons. The number of halogens is 1. The smallest absolute Gasteiger partial charge is 0.335 e. The van der Waals surface area contributed by atoms with Gasteiger partial charge in [0.15, 0.2) is 12.4 Å². The summed E-state index contributed by atoms with van der Waals surface area (Å²) in [6, 6.07) is 10.7. The number of nitrogens with one attached hydrogen (secondary N) is 1. The SMILES string of the molecule is N#CC1=[N+]([O-])c2cc(C3OCCO3)ccc2[NH+]([O-])C1c1ccc(F)cc1. The van der Waals surface area contributed by atoms with Gasteiger partial charge in [-0.25, -0.2) is 4.39 Å². The number of ether oxygens (including phenoxy) is 2. The van der Waals surface area contributed by atoms with Crippen LogP contribution in [0.25, 0.3) is 0 Å². The van der Waals surface area contributed by atoms with Gasteiger partial charge in [-0.3, -0.25) is 0 Å². The van der Waals surface area contributed by atoms with Gasteiger partial charge >= 0.3 is 5.71 Å². The van der Waals surface area contributed by atoms with E-state index in [1.54, 1.807) is 6.07 Å². The highest BCUT2D eigenvalue weighted by atomic mass is 19.1. The monoisotopic (exact) mass is 355 g/mol. The molecule has 0 aliphatic carbocycles. The van der Waals surface area contributed by atoms with E-state index in [1.807, 2.05) is 6.07 Å². The second kappa shape index (κ2) is 6.48. The fourth-order valence-electron chi connectivity index (χ4n) is 3.22. The van der Waals surface area contributed by atoms with Crippen LogP contribution >= 0.6 is 0 Å². The molecule has 2 aromatic rings. The van der Waals surface area contributed by atoms with Gasteiger partial charge in [-0.15, -0.1) is 4.74 Å². The topological polar surface area (TPSA) is 95.8 Å². The molecule has 8 heteroatoms. The van der Waals surface area contributed by atoms with Gasteiger partial charge in [0.2, 0.25) is 11.7 Å². The molecule has 1 N–H and O–H groups in total. The van der Waals surface area contributed by atoms with Crippen molar-refractivity contribution in [3.05, 3.63) is 69.8 Å². The summed E-state index contributed by atoms with van der Waals surface area (Å²) in [5.74, 6) is -0.462. The zero-order valence-corrected chi connectivity index (χ0v) is 13.5. The van der Waals surface area contributed by atoms with E-state index in [9.17, 15) is 20.1 Å². The number of hydroxylamine groups is 1. The predicted octanol–water partition coefficient (Wildman–Crippen LogP) is 1.75. The van der Waals surface area contributed by atoms with Crippen LogP contribution in [0.1, 0.15) is 23.5 Å². The molecule has 2 aromatic carbocycles. The number of rotatable bonds is 2. The lowest BCUT2D eigenvalue weighted by Crippen LogP contribution is -3.04. The van der Waals surface area contributed by atoms with E-state index in [4.69, 9.17) is 9.47 Å². The van der Waals surface area contributed by atoms with Crippen molar-refractivity contribution in [3.8, 4) is 6.07 Å². The number of quaternary nitrogens is 1. The number of fused-ring (bicyclic) bond motifs is 1. The van der Waals surface area contributed by atoms with Crippen molar-refractivity contribution in [3.63, 3.8) is 0 Å². The van der Waals surface area contributed by atoms with E-state index in [0.29, 0.717) is 29.1 Å². The maximum atomic E-state index is 13.2. The predicted molar refractivity (Wildman–Crippen MR) is 88.1 cm³/mol. The highest BCUT2D eigenvalue weighted by molar-refractivity contribution is 6.00.